The molecule has 0 atom stereocenters. The Hall–Kier alpha value is -0.290. The van der Waals surface area contributed by atoms with Crippen LogP contribution in [0.5, 0.6) is 0 Å². The van der Waals surface area contributed by atoms with E-state index in [0.29, 0.717) is 9.80 Å². The average Bonchev–Trinajstić information content (AvgIpc) is 2.14. The van der Waals surface area contributed by atoms with E-state index >= 15 is 0 Å². The molecule has 5 heteroatoms. The molecule has 0 saturated heterocycles. The molecule has 0 radical (unpaired) electrons. The quantitative estimate of drug-likeness (QED) is 0.671. The first-order valence-electron chi connectivity index (χ1n) is 4.04. The molecule has 0 aromatic heterocycles. The molecule has 0 aliphatic carbocycles. The summed E-state index contributed by atoms with van der Waals surface area (Å²) in [5.74, 6) is 0. The monoisotopic (exact) mass is 342 g/mol. The lowest BCUT2D eigenvalue weighted by Crippen LogP contribution is -2.04. The van der Waals surface area contributed by atoms with E-state index in [1.54, 1.807) is 6.08 Å². The molecule has 0 bridgehead atoms. The van der Waals surface area contributed by atoms with Gasteiger partial charge in [0.1, 0.15) is 0 Å². The topological polar surface area (TPSA) is 0 Å². The van der Waals surface area contributed by atoms with Crippen LogP contribution >= 0.6 is 31.9 Å². The maximum Gasteiger partial charge on any atom is 0.416 e. The molecule has 0 nitrogen and oxygen atoms in total. The van der Waals surface area contributed by atoms with Gasteiger partial charge in [0.2, 0.25) is 0 Å². The number of hydrogen-bond donors (Lipinski definition) is 0. The zero-order chi connectivity index (χ0) is 11.5. The van der Waals surface area contributed by atoms with E-state index in [4.69, 9.17) is 0 Å². The normalized spacial score (nSPS) is 12.3. The van der Waals surface area contributed by atoms with Gasteiger partial charge in [-0.1, -0.05) is 50.1 Å². The molecule has 1 aromatic carbocycles. The lowest BCUT2D eigenvalue weighted by atomic mass is 10.1. The largest absolute Gasteiger partial charge is 0.416 e. The lowest BCUT2D eigenvalue weighted by Gasteiger charge is -2.07. The van der Waals surface area contributed by atoms with E-state index in [2.05, 4.69) is 31.9 Å². The summed E-state index contributed by atoms with van der Waals surface area (Å²) in [6, 6.07) is 3.58. The average molecular weight is 344 g/mol. The van der Waals surface area contributed by atoms with Crippen LogP contribution in [0.15, 0.2) is 28.7 Å². The fourth-order valence-electron chi connectivity index (χ4n) is 1.01. The Bertz CT molecular complexity index is 369. The molecule has 0 saturated carbocycles. The minimum absolute atomic E-state index is 0.439. The van der Waals surface area contributed by atoms with Crippen LogP contribution in [-0.2, 0) is 6.18 Å². The number of allylic oxidation sites excluding steroid dienone is 1. The van der Waals surface area contributed by atoms with E-state index in [0.717, 1.165) is 17.7 Å². The van der Waals surface area contributed by atoms with E-state index in [9.17, 15) is 13.2 Å². The van der Waals surface area contributed by atoms with Gasteiger partial charge in [-0.15, -0.1) is 0 Å². The number of halogens is 5. The highest BCUT2D eigenvalue weighted by molar-refractivity contribution is 9.10. The molecule has 0 unspecified atom stereocenters. The highest BCUT2D eigenvalue weighted by Crippen LogP contribution is 2.32. The summed E-state index contributed by atoms with van der Waals surface area (Å²) in [6.45, 7) is 0. The van der Waals surface area contributed by atoms with E-state index in [1.165, 1.54) is 6.07 Å². The van der Waals surface area contributed by atoms with Gasteiger partial charge >= 0.3 is 6.18 Å². The fraction of sp³-hybridized carbons (Fsp3) is 0.200. The van der Waals surface area contributed by atoms with Gasteiger partial charge in [0.25, 0.3) is 0 Å². The van der Waals surface area contributed by atoms with Gasteiger partial charge < -0.3 is 0 Å². The van der Waals surface area contributed by atoms with Crippen molar-refractivity contribution in [2.24, 2.45) is 0 Å². The zero-order valence-electron chi connectivity index (χ0n) is 7.48. The van der Waals surface area contributed by atoms with Crippen molar-refractivity contribution >= 4 is 37.9 Å². The molecular weight excluding hydrogens is 337 g/mol. The van der Waals surface area contributed by atoms with Crippen molar-refractivity contribution in [3.8, 4) is 0 Å². The summed E-state index contributed by atoms with van der Waals surface area (Å²) in [5, 5.41) is 0.667. The summed E-state index contributed by atoms with van der Waals surface area (Å²) < 4.78 is 37.4. The summed E-state index contributed by atoms with van der Waals surface area (Å²) in [4.78, 5) is 0. The van der Waals surface area contributed by atoms with Crippen LogP contribution < -0.4 is 0 Å². The Kier molecular flexibility index (Phi) is 4.40. The van der Waals surface area contributed by atoms with Crippen molar-refractivity contribution in [2.75, 3.05) is 5.33 Å². The molecule has 0 amide bonds. The van der Waals surface area contributed by atoms with Gasteiger partial charge in [0.15, 0.2) is 0 Å². The highest BCUT2D eigenvalue weighted by atomic mass is 79.9. The third kappa shape index (κ3) is 3.65. The number of hydrogen-bond acceptors (Lipinski definition) is 0. The van der Waals surface area contributed by atoms with Crippen molar-refractivity contribution in [2.45, 2.75) is 6.18 Å². The Morgan fingerprint density at radius 2 is 1.93 bits per heavy atom. The number of alkyl halides is 4. The maximum atomic E-state index is 12.3. The van der Waals surface area contributed by atoms with E-state index < -0.39 is 11.7 Å². The van der Waals surface area contributed by atoms with Crippen molar-refractivity contribution in [1.82, 2.24) is 0 Å². The molecule has 0 heterocycles. The second-order valence-electron chi connectivity index (χ2n) is 2.79. The van der Waals surface area contributed by atoms with Crippen molar-refractivity contribution < 1.29 is 13.2 Å². The van der Waals surface area contributed by atoms with Gasteiger partial charge in [0.05, 0.1) is 5.56 Å². The van der Waals surface area contributed by atoms with Crippen LogP contribution in [0.25, 0.3) is 6.08 Å². The fourth-order valence-corrected chi connectivity index (χ4v) is 1.71. The van der Waals surface area contributed by atoms with Crippen LogP contribution in [-0.4, -0.2) is 5.33 Å². The minimum Gasteiger partial charge on any atom is -0.166 e. The Morgan fingerprint density at radius 3 is 2.40 bits per heavy atom. The first kappa shape index (κ1) is 12.8. The molecule has 1 aromatic rings. The van der Waals surface area contributed by atoms with Crippen molar-refractivity contribution in [3.63, 3.8) is 0 Å². The molecule has 0 N–H and O–H groups in total. The molecule has 15 heavy (non-hydrogen) atoms. The molecule has 0 spiro atoms. The van der Waals surface area contributed by atoms with Crippen molar-refractivity contribution in [3.05, 3.63) is 39.9 Å². The van der Waals surface area contributed by atoms with Crippen molar-refractivity contribution in [1.29, 1.82) is 0 Å². The molecule has 0 fully saturated rings. The predicted molar refractivity (Wildman–Crippen MR) is 62.0 cm³/mol. The molecular formula is C10H7Br2F3. The second-order valence-corrected chi connectivity index (χ2v) is 4.29. The summed E-state index contributed by atoms with van der Waals surface area (Å²) in [5.41, 5.74) is 0.0767. The number of benzene rings is 1. The van der Waals surface area contributed by atoms with Crippen LogP contribution in [0.4, 0.5) is 13.2 Å². The Balaban J connectivity index is 3.04. The molecule has 1 rings (SSSR count). The standard InChI is InChI=1S/C10H7Br2F3/c11-5-1-2-7-3-4-8(6-9(7)12)10(13,14)15/h1-4,6H,5H2. The highest BCUT2D eigenvalue weighted by Gasteiger charge is 2.30. The van der Waals surface area contributed by atoms with Crippen LogP contribution in [0.3, 0.4) is 0 Å². The maximum absolute atomic E-state index is 12.3. The van der Waals surface area contributed by atoms with Gasteiger partial charge in [-0.2, -0.15) is 13.2 Å². The van der Waals surface area contributed by atoms with E-state index in [1.807, 2.05) is 6.08 Å². The first-order chi connectivity index (χ1) is 6.95. The van der Waals surface area contributed by atoms with Gasteiger partial charge in [-0.25, -0.2) is 0 Å². The molecule has 0 aliphatic rings. The van der Waals surface area contributed by atoms with Gasteiger partial charge in [0, 0.05) is 9.80 Å². The van der Waals surface area contributed by atoms with Crippen LogP contribution in [0, 0.1) is 0 Å². The molecule has 0 aliphatic heterocycles. The Labute approximate surface area is 102 Å². The van der Waals surface area contributed by atoms with Gasteiger partial charge in [-0.3, -0.25) is 0 Å². The van der Waals surface area contributed by atoms with Gasteiger partial charge in [-0.05, 0) is 17.7 Å². The summed E-state index contributed by atoms with van der Waals surface area (Å²) >= 11 is 6.30. The van der Waals surface area contributed by atoms with Crippen LogP contribution in [0.1, 0.15) is 11.1 Å². The lowest BCUT2D eigenvalue weighted by molar-refractivity contribution is -0.137. The predicted octanol–water partition coefficient (Wildman–Crippen LogP) is 4.88. The zero-order valence-corrected chi connectivity index (χ0v) is 10.7. The summed E-state index contributed by atoms with van der Waals surface area (Å²) in [7, 11) is 0. The SMILES string of the molecule is FC(F)(F)c1ccc(C=CCBr)c(Br)c1. The summed E-state index contributed by atoms with van der Waals surface area (Å²) in [6.07, 6.45) is -0.730. The first-order valence-corrected chi connectivity index (χ1v) is 5.96. The second kappa shape index (κ2) is 5.16. The smallest absolute Gasteiger partial charge is 0.166 e. The Morgan fingerprint density at radius 1 is 1.27 bits per heavy atom. The van der Waals surface area contributed by atoms with Crippen LogP contribution in [0.2, 0.25) is 0 Å². The molecule has 82 valence electrons. The minimum atomic E-state index is -4.29. The third-order valence-corrected chi connectivity index (χ3v) is 2.77. The third-order valence-electron chi connectivity index (χ3n) is 1.71. The van der Waals surface area contributed by atoms with E-state index in [-0.39, 0.29) is 0 Å². The number of rotatable bonds is 2.